The Morgan fingerprint density at radius 1 is 1.33 bits per heavy atom. The van der Waals surface area contributed by atoms with E-state index < -0.39 is 0 Å². The molecule has 1 aliphatic rings. The predicted octanol–water partition coefficient (Wildman–Crippen LogP) is 1.57. The summed E-state index contributed by atoms with van der Waals surface area (Å²) in [4.78, 5) is 8.56. The minimum Gasteiger partial charge on any atom is -0.362 e. The summed E-state index contributed by atoms with van der Waals surface area (Å²) in [5, 5.41) is 4.34. The lowest BCUT2D eigenvalue weighted by atomic mass is 10.1. The molecule has 0 aliphatic carbocycles. The number of anilines is 1. The quantitative estimate of drug-likeness (QED) is 0.702. The van der Waals surface area contributed by atoms with Gasteiger partial charge in [0.15, 0.2) is 5.65 Å². The number of rotatable bonds is 0. The van der Waals surface area contributed by atoms with Crippen molar-refractivity contribution in [2.75, 3.05) is 18.7 Å². The van der Waals surface area contributed by atoms with Gasteiger partial charge in [0.1, 0.15) is 6.73 Å². The molecular weight excluding hydrogens is 190 g/mol. The second-order valence-electron chi connectivity index (χ2n) is 3.51. The first-order valence-corrected chi connectivity index (χ1v) is 4.99. The van der Waals surface area contributed by atoms with Crippen LogP contribution in [0.5, 0.6) is 0 Å². The molecule has 2 aromatic rings. The zero-order valence-electron chi connectivity index (χ0n) is 8.23. The number of hydrogen-bond acceptors (Lipinski definition) is 4. The maximum absolute atomic E-state index is 5.37. The zero-order chi connectivity index (χ0) is 10.1. The molecule has 1 N–H and O–H groups in total. The van der Waals surface area contributed by atoms with Crippen molar-refractivity contribution in [1.29, 1.82) is 0 Å². The molecule has 3 heterocycles. The molecule has 0 atom stereocenters. The molecule has 0 saturated heterocycles. The molecule has 15 heavy (non-hydrogen) atoms. The first-order chi connectivity index (χ1) is 7.45. The van der Waals surface area contributed by atoms with Crippen molar-refractivity contribution >= 4 is 16.7 Å². The van der Waals surface area contributed by atoms with Crippen LogP contribution < -0.4 is 5.32 Å². The molecule has 4 nitrogen and oxygen atoms in total. The summed E-state index contributed by atoms with van der Waals surface area (Å²) in [6.07, 6.45) is 4.54. The van der Waals surface area contributed by atoms with E-state index in [1.807, 2.05) is 18.3 Å². The van der Waals surface area contributed by atoms with Crippen LogP contribution in [0.25, 0.3) is 11.0 Å². The monoisotopic (exact) mass is 201 g/mol. The maximum Gasteiger partial charge on any atom is 0.161 e. The number of nitrogens with one attached hydrogen (secondary N) is 1. The fourth-order valence-corrected chi connectivity index (χ4v) is 1.85. The lowest BCUT2D eigenvalue weighted by molar-refractivity contribution is 0.160. The average molecular weight is 201 g/mol. The molecule has 4 heteroatoms. The molecule has 0 fully saturated rings. The van der Waals surface area contributed by atoms with E-state index in [-0.39, 0.29) is 0 Å². The van der Waals surface area contributed by atoms with Crippen LogP contribution in [-0.2, 0) is 11.2 Å². The molecule has 0 spiro atoms. The van der Waals surface area contributed by atoms with E-state index >= 15 is 0 Å². The highest BCUT2D eigenvalue weighted by atomic mass is 16.5. The van der Waals surface area contributed by atoms with Gasteiger partial charge in [0.05, 0.1) is 12.3 Å². The Labute approximate surface area is 87.3 Å². The molecule has 1 aliphatic heterocycles. The number of aromatic nitrogens is 2. The largest absolute Gasteiger partial charge is 0.362 e. The molecule has 2 aromatic heterocycles. The van der Waals surface area contributed by atoms with Crippen molar-refractivity contribution in [3.8, 4) is 0 Å². The lowest BCUT2D eigenvalue weighted by Crippen LogP contribution is -2.03. The summed E-state index contributed by atoms with van der Waals surface area (Å²) in [5.74, 6) is 0. The van der Waals surface area contributed by atoms with Crippen molar-refractivity contribution in [2.24, 2.45) is 0 Å². The Morgan fingerprint density at radius 3 is 3.33 bits per heavy atom. The molecular formula is C11H11N3O. The Bertz CT molecular complexity index is 498. The van der Waals surface area contributed by atoms with E-state index in [2.05, 4.69) is 15.3 Å². The smallest absolute Gasteiger partial charge is 0.161 e. The molecule has 0 radical (unpaired) electrons. The summed E-state index contributed by atoms with van der Waals surface area (Å²) in [5.41, 5.74) is 3.10. The molecule has 0 saturated carbocycles. The third kappa shape index (κ3) is 1.43. The van der Waals surface area contributed by atoms with Crippen molar-refractivity contribution in [1.82, 2.24) is 9.97 Å². The van der Waals surface area contributed by atoms with Crippen molar-refractivity contribution in [2.45, 2.75) is 6.42 Å². The summed E-state index contributed by atoms with van der Waals surface area (Å²) in [6.45, 7) is 1.30. The van der Waals surface area contributed by atoms with Gasteiger partial charge in [0.2, 0.25) is 0 Å². The van der Waals surface area contributed by atoms with E-state index in [0.717, 1.165) is 29.7 Å². The van der Waals surface area contributed by atoms with Gasteiger partial charge in [0.25, 0.3) is 0 Å². The molecule has 0 aromatic carbocycles. The minimum absolute atomic E-state index is 0.557. The standard InChI is InChI=1S/C11H11N3O/c1-2-9-10-8(3-5-15-7-14-10)6-13-11(9)12-4-1/h1-2,4,6,14H,3,5,7H2. The van der Waals surface area contributed by atoms with Gasteiger partial charge in [-0.1, -0.05) is 0 Å². The number of ether oxygens (including phenoxy) is 1. The van der Waals surface area contributed by atoms with Gasteiger partial charge in [-0.05, 0) is 24.1 Å². The third-order valence-corrected chi connectivity index (χ3v) is 2.59. The molecule has 3 rings (SSSR count). The van der Waals surface area contributed by atoms with Crippen LogP contribution in [0.15, 0.2) is 24.5 Å². The summed E-state index contributed by atoms with van der Waals surface area (Å²) in [6, 6.07) is 3.96. The van der Waals surface area contributed by atoms with Crippen LogP contribution in [0, 0.1) is 0 Å². The third-order valence-electron chi connectivity index (χ3n) is 2.59. The van der Waals surface area contributed by atoms with Crippen LogP contribution in [-0.4, -0.2) is 23.3 Å². The lowest BCUT2D eigenvalue weighted by Gasteiger charge is -2.08. The summed E-state index contributed by atoms with van der Waals surface area (Å²) < 4.78 is 5.37. The van der Waals surface area contributed by atoms with Crippen LogP contribution in [0.3, 0.4) is 0 Å². The van der Waals surface area contributed by atoms with E-state index in [4.69, 9.17) is 4.74 Å². The maximum atomic E-state index is 5.37. The average Bonchev–Trinajstić information content (AvgIpc) is 2.54. The van der Waals surface area contributed by atoms with E-state index in [9.17, 15) is 0 Å². The van der Waals surface area contributed by atoms with E-state index in [1.165, 1.54) is 5.56 Å². The Morgan fingerprint density at radius 2 is 2.33 bits per heavy atom. The highest BCUT2D eigenvalue weighted by molar-refractivity contribution is 5.90. The SMILES string of the molecule is c1cnc2ncc3c(c2c1)NCOCC3. The van der Waals surface area contributed by atoms with Gasteiger partial charge in [-0.2, -0.15) is 0 Å². The Kier molecular flexibility index (Phi) is 1.99. The van der Waals surface area contributed by atoms with Crippen LogP contribution in [0.1, 0.15) is 5.56 Å². The predicted molar refractivity (Wildman–Crippen MR) is 57.7 cm³/mol. The highest BCUT2D eigenvalue weighted by Crippen LogP contribution is 2.26. The van der Waals surface area contributed by atoms with Crippen molar-refractivity contribution in [3.05, 3.63) is 30.1 Å². The highest BCUT2D eigenvalue weighted by Gasteiger charge is 2.11. The van der Waals surface area contributed by atoms with Crippen molar-refractivity contribution < 1.29 is 4.74 Å². The molecule has 0 amide bonds. The van der Waals surface area contributed by atoms with Crippen LogP contribution >= 0.6 is 0 Å². The van der Waals surface area contributed by atoms with Gasteiger partial charge < -0.3 is 10.1 Å². The van der Waals surface area contributed by atoms with Gasteiger partial charge in [-0.25, -0.2) is 9.97 Å². The molecule has 76 valence electrons. The second kappa shape index (κ2) is 3.47. The second-order valence-corrected chi connectivity index (χ2v) is 3.51. The van der Waals surface area contributed by atoms with Crippen LogP contribution in [0.4, 0.5) is 5.69 Å². The number of pyridine rings is 2. The Balaban J connectivity index is 2.27. The van der Waals surface area contributed by atoms with Gasteiger partial charge in [-0.15, -0.1) is 0 Å². The number of nitrogens with zero attached hydrogens (tertiary/aromatic N) is 2. The molecule has 0 bridgehead atoms. The van der Waals surface area contributed by atoms with Crippen molar-refractivity contribution in [3.63, 3.8) is 0 Å². The number of fused-ring (bicyclic) bond motifs is 3. The summed E-state index contributed by atoms with van der Waals surface area (Å²) in [7, 11) is 0. The first-order valence-electron chi connectivity index (χ1n) is 4.99. The van der Waals surface area contributed by atoms with Gasteiger partial charge in [-0.3, -0.25) is 0 Å². The van der Waals surface area contributed by atoms with Gasteiger partial charge >= 0.3 is 0 Å². The topological polar surface area (TPSA) is 47.0 Å². The first kappa shape index (κ1) is 8.61. The Hall–Kier alpha value is -1.68. The van der Waals surface area contributed by atoms with E-state index in [0.29, 0.717) is 6.73 Å². The van der Waals surface area contributed by atoms with Gasteiger partial charge in [0, 0.05) is 17.8 Å². The summed E-state index contributed by atoms with van der Waals surface area (Å²) >= 11 is 0. The van der Waals surface area contributed by atoms with E-state index in [1.54, 1.807) is 6.20 Å². The fraction of sp³-hybridized carbons (Fsp3) is 0.273. The molecule has 0 unspecified atom stereocenters. The number of hydrogen-bond donors (Lipinski definition) is 1. The normalized spacial score (nSPS) is 15.5. The van der Waals surface area contributed by atoms with Crippen LogP contribution in [0.2, 0.25) is 0 Å². The fourth-order valence-electron chi connectivity index (χ4n) is 1.85. The minimum atomic E-state index is 0.557. The zero-order valence-corrected chi connectivity index (χ0v) is 8.23.